The van der Waals surface area contributed by atoms with E-state index in [2.05, 4.69) is 4.98 Å². The molecule has 2 aromatic rings. The number of halogens is 1. The Balaban J connectivity index is 1.79. The molecular formula is C20H26ClN5O2S. The fraction of sp³-hybridized carbons (Fsp3) is 0.500. The molecule has 0 aliphatic carbocycles. The minimum atomic E-state index is -3.50. The summed E-state index contributed by atoms with van der Waals surface area (Å²) in [5.74, 6) is 0.572. The second-order valence-electron chi connectivity index (χ2n) is 7.75. The second kappa shape index (κ2) is 8.18. The summed E-state index contributed by atoms with van der Waals surface area (Å²) < 4.78 is 29.9. The molecule has 0 unspecified atom stereocenters. The topological polar surface area (TPSA) is 69.6 Å². The van der Waals surface area contributed by atoms with E-state index in [1.54, 1.807) is 14.8 Å². The Bertz CT molecular complexity index is 975. The van der Waals surface area contributed by atoms with Crippen LogP contribution in [-0.4, -0.2) is 60.7 Å². The summed E-state index contributed by atoms with van der Waals surface area (Å²) in [6, 6.07) is 7.21. The van der Waals surface area contributed by atoms with E-state index in [9.17, 15) is 8.42 Å². The Morgan fingerprint density at radius 3 is 2.41 bits per heavy atom. The third-order valence-corrected chi connectivity index (χ3v) is 7.87. The minimum Gasteiger partial charge on any atom is -0.347 e. The highest BCUT2D eigenvalue weighted by Gasteiger charge is 2.41. The largest absolute Gasteiger partial charge is 0.347 e. The van der Waals surface area contributed by atoms with Crippen molar-refractivity contribution in [1.82, 2.24) is 18.6 Å². The lowest BCUT2D eigenvalue weighted by Gasteiger charge is -2.29. The number of nitrogens with zero attached hydrogens (tertiary/aromatic N) is 5. The highest BCUT2D eigenvalue weighted by Crippen LogP contribution is 2.40. The zero-order chi connectivity index (χ0) is 20.6. The van der Waals surface area contributed by atoms with Crippen molar-refractivity contribution in [1.29, 1.82) is 0 Å². The molecule has 0 saturated carbocycles. The van der Waals surface area contributed by atoms with E-state index in [0.29, 0.717) is 30.6 Å². The smallest absolute Gasteiger partial charge is 0.282 e. The Morgan fingerprint density at radius 1 is 1.07 bits per heavy atom. The number of anilines is 1. The standard InChI is InChI=1S/C20H26ClN5O2S/c1-24(2)20-22-14-17(15-7-9-16(21)10-8-15)19(23-20)18-6-5-13-26(18)29(27,28)25-11-3-4-12-25/h7-10,14,18H,3-6,11-13H2,1-2H3/t18-/m1/s1. The third-order valence-electron chi connectivity index (χ3n) is 5.57. The van der Waals surface area contributed by atoms with Crippen LogP contribution in [0.1, 0.15) is 37.4 Å². The zero-order valence-corrected chi connectivity index (χ0v) is 18.3. The predicted octanol–water partition coefficient (Wildman–Crippen LogP) is 3.34. The molecule has 2 aliphatic rings. The zero-order valence-electron chi connectivity index (χ0n) is 16.8. The Labute approximate surface area is 177 Å². The van der Waals surface area contributed by atoms with Crippen molar-refractivity contribution in [3.8, 4) is 11.1 Å². The van der Waals surface area contributed by atoms with Crippen LogP contribution in [0.2, 0.25) is 5.02 Å². The summed E-state index contributed by atoms with van der Waals surface area (Å²) in [4.78, 5) is 11.1. The third kappa shape index (κ3) is 3.99. The van der Waals surface area contributed by atoms with Crippen LogP contribution < -0.4 is 4.90 Å². The molecule has 1 atom stereocenters. The van der Waals surface area contributed by atoms with E-state index in [1.165, 1.54) is 0 Å². The van der Waals surface area contributed by atoms with Crippen LogP contribution in [0, 0.1) is 0 Å². The molecular weight excluding hydrogens is 410 g/mol. The SMILES string of the molecule is CN(C)c1ncc(-c2ccc(Cl)cc2)c([C@H]2CCCN2S(=O)(=O)N2CCCC2)n1. The molecule has 7 nitrogen and oxygen atoms in total. The van der Waals surface area contributed by atoms with Crippen LogP contribution in [0.15, 0.2) is 30.5 Å². The van der Waals surface area contributed by atoms with Gasteiger partial charge in [-0.3, -0.25) is 0 Å². The lowest BCUT2D eigenvalue weighted by atomic mass is 10.0. The van der Waals surface area contributed by atoms with Gasteiger partial charge >= 0.3 is 0 Å². The van der Waals surface area contributed by atoms with Gasteiger partial charge in [0.15, 0.2) is 0 Å². The van der Waals surface area contributed by atoms with E-state index in [0.717, 1.165) is 42.5 Å². The van der Waals surface area contributed by atoms with Gasteiger partial charge in [-0.25, -0.2) is 9.97 Å². The number of rotatable bonds is 5. The Hall–Kier alpha value is -1.74. The molecule has 9 heteroatoms. The Kier molecular flexibility index (Phi) is 5.79. The molecule has 29 heavy (non-hydrogen) atoms. The van der Waals surface area contributed by atoms with Gasteiger partial charge in [-0.2, -0.15) is 17.0 Å². The fourth-order valence-corrected chi connectivity index (χ4v) is 6.09. The first-order chi connectivity index (χ1) is 13.9. The number of aromatic nitrogens is 2. The molecule has 0 bridgehead atoms. The summed E-state index contributed by atoms with van der Waals surface area (Å²) in [5, 5.41) is 0.653. The maximum absolute atomic E-state index is 13.3. The van der Waals surface area contributed by atoms with Gasteiger partial charge in [-0.1, -0.05) is 23.7 Å². The van der Waals surface area contributed by atoms with Crippen molar-refractivity contribution in [3.05, 3.63) is 41.2 Å². The fourth-order valence-electron chi connectivity index (χ4n) is 4.06. The summed E-state index contributed by atoms with van der Waals surface area (Å²) in [6.07, 6.45) is 5.20. The average Bonchev–Trinajstić information content (AvgIpc) is 3.41. The maximum Gasteiger partial charge on any atom is 0.282 e. The van der Waals surface area contributed by atoms with Crippen molar-refractivity contribution < 1.29 is 8.42 Å². The van der Waals surface area contributed by atoms with Crippen LogP contribution in [0.5, 0.6) is 0 Å². The highest BCUT2D eigenvalue weighted by molar-refractivity contribution is 7.86. The maximum atomic E-state index is 13.3. The van der Waals surface area contributed by atoms with Gasteiger partial charge in [-0.15, -0.1) is 0 Å². The molecule has 2 fully saturated rings. The van der Waals surface area contributed by atoms with Gasteiger partial charge in [0, 0.05) is 50.5 Å². The average molecular weight is 436 g/mol. The quantitative estimate of drug-likeness (QED) is 0.720. The molecule has 3 heterocycles. The van der Waals surface area contributed by atoms with Crippen molar-refractivity contribution in [2.24, 2.45) is 0 Å². The Morgan fingerprint density at radius 2 is 1.76 bits per heavy atom. The number of benzene rings is 1. The van der Waals surface area contributed by atoms with Gasteiger partial charge in [0.1, 0.15) is 0 Å². The summed E-state index contributed by atoms with van der Waals surface area (Å²) >= 11 is 6.06. The van der Waals surface area contributed by atoms with Gasteiger partial charge < -0.3 is 4.90 Å². The highest BCUT2D eigenvalue weighted by atomic mass is 35.5. The van der Waals surface area contributed by atoms with Gasteiger partial charge in [0.05, 0.1) is 11.7 Å². The molecule has 4 rings (SSSR count). The first kappa shape index (κ1) is 20.5. The molecule has 1 aromatic carbocycles. The van der Waals surface area contributed by atoms with E-state index >= 15 is 0 Å². The van der Waals surface area contributed by atoms with Crippen LogP contribution in [0.3, 0.4) is 0 Å². The van der Waals surface area contributed by atoms with Crippen LogP contribution in [-0.2, 0) is 10.2 Å². The molecule has 2 aliphatic heterocycles. The lowest BCUT2D eigenvalue weighted by molar-refractivity contribution is 0.345. The van der Waals surface area contributed by atoms with Crippen molar-refractivity contribution in [2.75, 3.05) is 38.6 Å². The van der Waals surface area contributed by atoms with E-state index in [1.807, 2.05) is 43.3 Å². The van der Waals surface area contributed by atoms with Crippen LogP contribution >= 0.6 is 11.6 Å². The summed E-state index contributed by atoms with van der Waals surface area (Å²) in [6.45, 7) is 1.72. The van der Waals surface area contributed by atoms with Crippen molar-refractivity contribution in [2.45, 2.75) is 31.7 Å². The lowest BCUT2D eigenvalue weighted by Crippen LogP contribution is -2.42. The molecule has 0 radical (unpaired) electrons. The molecule has 1 aromatic heterocycles. The van der Waals surface area contributed by atoms with Gasteiger partial charge in [0.2, 0.25) is 5.95 Å². The van der Waals surface area contributed by atoms with Gasteiger partial charge in [-0.05, 0) is 43.4 Å². The minimum absolute atomic E-state index is 0.298. The van der Waals surface area contributed by atoms with Crippen LogP contribution in [0.25, 0.3) is 11.1 Å². The first-order valence-electron chi connectivity index (χ1n) is 9.95. The second-order valence-corrected chi connectivity index (χ2v) is 10.1. The number of hydrogen-bond acceptors (Lipinski definition) is 5. The predicted molar refractivity (Wildman–Crippen MR) is 115 cm³/mol. The number of hydrogen-bond donors (Lipinski definition) is 0. The molecule has 0 amide bonds. The summed E-state index contributed by atoms with van der Waals surface area (Å²) in [7, 11) is 0.264. The monoisotopic (exact) mass is 435 g/mol. The van der Waals surface area contributed by atoms with Crippen molar-refractivity contribution >= 4 is 27.8 Å². The van der Waals surface area contributed by atoms with Gasteiger partial charge in [0.25, 0.3) is 10.2 Å². The van der Waals surface area contributed by atoms with E-state index in [4.69, 9.17) is 16.6 Å². The molecule has 0 N–H and O–H groups in total. The molecule has 0 spiro atoms. The van der Waals surface area contributed by atoms with Crippen molar-refractivity contribution in [3.63, 3.8) is 0 Å². The van der Waals surface area contributed by atoms with E-state index in [-0.39, 0.29) is 6.04 Å². The molecule has 2 saturated heterocycles. The molecule has 156 valence electrons. The van der Waals surface area contributed by atoms with Crippen LogP contribution in [0.4, 0.5) is 5.95 Å². The first-order valence-corrected chi connectivity index (χ1v) is 11.7. The normalized spacial score (nSPS) is 21.0. The van der Waals surface area contributed by atoms with E-state index < -0.39 is 10.2 Å². The summed E-state index contributed by atoms with van der Waals surface area (Å²) in [5.41, 5.74) is 2.53.